The smallest absolute Gasteiger partial charge is 0.250 e. The minimum atomic E-state index is -3.36. The van der Waals surface area contributed by atoms with Gasteiger partial charge in [-0.2, -0.15) is 0 Å². The second-order valence-corrected chi connectivity index (χ2v) is 9.01. The second kappa shape index (κ2) is 7.19. The van der Waals surface area contributed by atoms with E-state index in [9.17, 15) is 8.42 Å². The number of rotatable bonds is 9. The van der Waals surface area contributed by atoms with Crippen molar-refractivity contribution >= 4 is 21.4 Å². The fourth-order valence-corrected chi connectivity index (χ4v) is 4.65. The number of thiophene rings is 1. The van der Waals surface area contributed by atoms with E-state index in [1.165, 1.54) is 24.2 Å². The van der Waals surface area contributed by atoms with Crippen molar-refractivity contribution in [1.82, 2.24) is 14.9 Å². The first-order valence-electron chi connectivity index (χ1n) is 7.35. The number of sulfonamides is 1. The zero-order chi connectivity index (χ0) is 15.5. The molecule has 7 heteroatoms. The zero-order valence-electron chi connectivity index (χ0n) is 13.0. The summed E-state index contributed by atoms with van der Waals surface area (Å²) in [6.07, 6.45) is 3.29. The molecule has 1 saturated carbocycles. The van der Waals surface area contributed by atoms with Crippen LogP contribution in [0.3, 0.4) is 0 Å². The molecule has 120 valence electrons. The maximum absolute atomic E-state index is 12.3. The van der Waals surface area contributed by atoms with E-state index < -0.39 is 10.0 Å². The van der Waals surface area contributed by atoms with E-state index in [0.29, 0.717) is 16.8 Å². The largest absolute Gasteiger partial charge is 0.309 e. The summed E-state index contributed by atoms with van der Waals surface area (Å²) in [5.41, 5.74) is 1.06. The molecule has 5 nitrogen and oxygen atoms in total. The zero-order valence-corrected chi connectivity index (χ0v) is 14.6. The molecule has 0 spiro atoms. The lowest BCUT2D eigenvalue weighted by Crippen LogP contribution is -2.26. The van der Waals surface area contributed by atoms with Crippen molar-refractivity contribution in [2.45, 2.75) is 43.0 Å². The van der Waals surface area contributed by atoms with Gasteiger partial charge in [-0.15, -0.1) is 11.3 Å². The van der Waals surface area contributed by atoms with Gasteiger partial charge in [0.05, 0.1) is 0 Å². The third-order valence-electron chi connectivity index (χ3n) is 3.47. The monoisotopic (exact) mass is 331 g/mol. The third kappa shape index (κ3) is 5.34. The Morgan fingerprint density at radius 2 is 2.10 bits per heavy atom. The normalized spacial score (nSPS) is 15.8. The van der Waals surface area contributed by atoms with Crippen LogP contribution in [0.15, 0.2) is 10.3 Å². The van der Waals surface area contributed by atoms with Gasteiger partial charge in [0, 0.05) is 24.0 Å². The lowest BCUT2D eigenvalue weighted by molar-refractivity contribution is 0.400. The molecule has 1 aromatic heterocycles. The quantitative estimate of drug-likeness (QED) is 0.674. The lowest BCUT2D eigenvalue weighted by Gasteiger charge is -2.09. The Hall–Kier alpha value is -0.470. The Morgan fingerprint density at radius 1 is 1.38 bits per heavy atom. The summed E-state index contributed by atoms with van der Waals surface area (Å²) in [6, 6.07) is 2.42. The predicted octanol–water partition coefficient (Wildman–Crippen LogP) is 1.54. The average Bonchev–Trinajstić information content (AvgIpc) is 3.15. The number of nitrogens with zero attached hydrogens (tertiary/aromatic N) is 1. The summed E-state index contributed by atoms with van der Waals surface area (Å²) < 4.78 is 27.6. The predicted molar refractivity (Wildman–Crippen MR) is 87.3 cm³/mol. The van der Waals surface area contributed by atoms with Crippen LogP contribution < -0.4 is 10.0 Å². The van der Waals surface area contributed by atoms with Crippen molar-refractivity contribution in [1.29, 1.82) is 0 Å². The molecule has 1 aliphatic rings. The van der Waals surface area contributed by atoms with Gasteiger partial charge in [-0.25, -0.2) is 13.1 Å². The van der Waals surface area contributed by atoms with E-state index in [4.69, 9.17) is 0 Å². The molecule has 0 aliphatic heterocycles. The minimum Gasteiger partial charge on any atom is -0.309 e. The van der Waals surface area contributed by atoms with Crippen molar-refractivity contribution in [3.05, 3.63) is 16.5 Å². The molecule has 0 saturated heterocycles. The maximum Gasteiger partial charge on any atom is 0.250 e. The molecular formula is C14H25N3O2S2. The molecule has 21 heavy (non-hydrogen) atoms. The first-order chi connectivity index (χ1) is 9.88. The fraction of sp³-hybridized carbons (Fsp3) is 0.714. The van der Waals surface area contributed by atoms with Crippen LogP contribution in [0, 0.1) is 6.92 Å². The van der Waals surface area contributed by atoms with E-state index in [-0.39, 0.29) is 0 Å². The topological polar surface area (TPSA) is 61.4 Å². The third-order valence-corrected chi connectivity index (χ3v) is 6.64. The van der Waals surface area contributed by atoms with E-state index in [2.05, 4.69) is 10.0 Å². The van der Waals surface area contributed by atoms with Gasteiger partial charge in [-0.1, -0.05) is 0 Å². The Morgan fingerprint density at radius 3 is 2.71 bits per heavy atom. The Bertz CT molecular complexity index is 563. The van der Waals surface area contributed by atoms with Gasteiger partial charge in [0.15, 0.2) is 0 Å². The molecule has 1 aromatic rings. The van der Waals surface area contributed by atoms with Gasteiger partial charge < -0.3 is 10.2 Å². The number of nitrogens with one attached hydrogen (secondary N) is 2. The van der Waals surface area contributed by atoms with Crippen LogP contribution in [0.25, 0.3) is 0 Å². The molecule has 2 rings (SSSR count). The summed E-state index contributed by atoms with van der Waals surface area (Å²) >= 11 is 1.38. The van der Waals surface area contributed by atoms with Crippen molar-refractivity contribution in [3.63, 3.8) is 0 Å². The van der Waals surface area contributed by atoms with Crippen LogP contribution in [-0.2, 0) is 16.6 Å². The van der Waals surface area contributed by atoms with E-state index in [1.807, 2.05) is 25.9 Å². The molecule has 0 aromatic carbocycles. The summed E-state index contributed by atoms with van der Waals surface area (Å²) in [5, 5.41) is 3.43. The van der Waals surface area contributed by atoms with Crippen LogP contribution in [0.5, 0.6) is 0 Å². The van der Waals surface area contributed by atoms with E-state index >= 15 is 0 Å². The number of hydrogen-bond donors (Lipinski definition) is 2. The second-order valence-electron chi connectivity index (χ2n) is 5.88. The molecule has 0 amide bonds. The number of aryl methyl sites for hydroxylation is 1. The Kier molecular flexibility index (Phi) is 5.79. The first-order valence-corrected chi connectivity index (χ1v) is 9.65. The summed E-state index contributed by atoms with van der Waals surface area (Å²) in [6.45, 7) is 4.11. The summed E-state index contributed by atoms with van der Waals surface area (Å²) in [5.74, 6) is 0. The molecule has 1 fully saturated rings. The van der Waals surface area contributed by atoms with Crippen molar-refractivity contribution in [2.75, 3.05) is 27.2 Å². The highest BCUT2D eigenvalue weighted by atomic mass is 32.2. The Balaban J connectivity index is 1.90. The molecule has 1 aliphatic carbocycles. The van der Waals surface area contributed by atoms with Gasteiger partial charge in [-0.3, -0.25) is 0 Å². The van der Waals surface area contributed by atoms with Crippen LogP contribution in [-0.4, -0.2) is 46.5 Å². The highest BCUT2D eigenvalue weighted by Crippen LogP contribution is 2.27. The van der Waals surface area contributed by atoms with Gasteiger partial charge in [0.25, 0.3) is 0 Å². The maximum atomic E-state index is 12.3. The molecular weight excluding hydrogens is 306 g/mol. The van der Waals surface area contributed by atoms with Gasteiger partial charge in [-0.05, 0) is 58.5 Å². The lowest BCUT2D eigenvalue weighted by atomic mass is 10.3. The highest BCUT2D eigenvalue weighted by molar-refractivity contribution is 7.91. The molecule has 0 atom stereocenters. The van der Waals surface area contributed by atoms with Crippen LogP contribution >= 0.6 is 11.3 Å². The first kappa shape index (κ1) is 16.9. The highest BCUT2D eigenvalue weighted by Gasteiger charge is 2.22. The fourth-order valence-electron chi connectivity index (χ4n) is 1.99. The average molecular weight is 332 g/mol. The van der Waals surface area contributed by atoms with Gasteiger partial charge >= 0.3 is 0 Å². The van der Waals surface area contributed by atoms with E-state index in [1.54, 1.807) is 6.07 Å². The molecule has 2 N–H and O–H groups in total. The summed E-state index contributed by atoms with van der Waals surface area (Å²) in [4.78, 5) is 3.17. The minimum absolute atomic E-state index is 0.428. The van der Waals surface area contributed by atoms with Crippen molar-refractivity contribution in [3.8, 4) is 0 Å². The SMILES string of the molecule is Cc1cc(S(=O)(=O)NCCCN(C)C)sc1CNC1CC1. The molecule has 0 radical (unpaired) electrons. The van der Waals surface area contributed by atoms with Crippen LogP contribution in [0.2, 0.25) is 0 Å². The molecule has 0 bridgehead atoms. The molecule has 1 heterocycles. The van der Waals surface area contributed by atoms with Crippen molar-refractivity contribution in [2.24, 2.45) is 0 Å². The van der Waals surface area contributed by atoms with Gasteiger partial charge in [0.2, 0.25) is 10.0 Å². The standard InChI is InChI=1S/C14H25N3O2S2/c1-11-9-14(20-13(11)10-15-12-5-6-12)21(18,19)16-7-4-8-17(2)3/h9,12,15-16H,4-8,10H2,1-3H3. The summed E-state index contributed by atoms with van der Waals surface area (Å²) in [7, 11) is 0.604. The Labute approximate surface area is 131 Å². The van der Waals surface area contributed by atoms with E-state index in [0.717, 1.165) is 30.0 Å². The van der Waals surface area contributed by atoms with Crippen LogP contribution in [0.4, 0.5) is 0 Å². The van der Waals surface area contributed by atoms with Crippen molar-refractivity contribution < 1.29 is 8.42 Å². The van der Waals surface area contributed by atoms with Crippen LogP contribution in [0.1, 0.15) is 29.7 Å². The number of hydrogen-bond acceptors (Lipinski definition) is 5. The molecule has 0 unspecified atom stereocenters. The van der Waals surface area contributed by atoms with Gasteiger partial charge in [0.1, 0.15) is 4.21 Å².